The molecular weight excluding hydrogens is 215 g/mol. The number of halogens is 2. The second kappa shape index (κ2) is 22.1. The Kier molecular flexibility index (Phi) is 237. The first-order valence-corrected chi connectivity index (χ1v) is 0. The van der Waals surface area contributed by atoms with Gasteiger partial charge in [0, 0.05) is 0 Å². The van der Waals surface area contributed by atoms with Crippen LogP contribution < -0.4 is 24.8 Å². The van der Waals surface area contributed by atoms with Crippen molar-refractivity contribution in [2.45, 2.75) is 0 Å². The molecule has 0 spiro atoms. The molecule has 0 saturated heterocycles. The Morgan fingerprint density at radius 2 is 0.750 bits per heavy atom. The standard InChI is InChI=1S/2ClH.H2Se.Zn/h2*1H;1H2;/q;;;+2/p-2. The van der Waals surface area contributed by atoms with E-state index in [1.165, 1.54) is 0 Å². The maximum Gasteiger partial charge on any atom is 2.00 e. The maximum atomic E-state index is 0. The summed E-state index contributed by atoms with van der Waals surface area (Å²) in [6.45, 7) is 0. The summed E-state index contributed by atoms with van der Waals surface area (Å²) in [5.74, 6) is 0. The zero-order valence-corrected chi connectivity index (χ0v) is 8.54. The molecule has 0 aliphatic carbocycles. The molecular formula is H2Cl2SeZn. The molecule has 4 heavy (non-hydrogen) atoms. The normalized spacial score (nSPS) is 0. The predicted octanol–water partition coefficient (Wildman–Crippen LogP) is -6.91. The Morgan fingerprint density at radius 1 is 0.750 bits per heavy atom. The first-order valence-electron chi connectivity index (χ1n) is 0. The van der Waals surface area contributed by atoms with Crippen molar-refractivity contribution in [3.8, 4) is 0 Å². The summed E-state index contributed by atoms with van der Waals surface area (Å²) in [5.41, 5.74) is 0. The smallest absolute Gasteiger partial charge is 2.00 e. The number of rotatable bonds is 0. The van der Waals surface area contributed by atoms with Gasteiger partial charge in [0.2, 0.25) is 0 Å². The van der Waals surface area contributed by atoms with Crippen LogP contribution in [0.2, 0.25) is 0 Å². The van der Waals surface area contributed by atoms with Crippen LogP contribution in [-0.2, 0) is 19.5 Å². The zero-order chi connectivity index (χ0) is 0. The van der Waals surface area contributed by atoms with Crippen LogP contribution in [0, 0.1) is 0 Å². The van der Waals surface area contributed by atoms with Gasteiger partial charge in [0.1, 0.15) is 0 Å². The maximum absolute atomic E-state index is 0. The number of hydrogen-bond acceptors (Lipinski definition) is 0. The van der Waals surface area contributed by atoms with Gasteiger partial charge < -0.3 is 24.8 Å². The van der Waals surface area contributed by atoms with Gasteiger partial charge in [-0.2, -0.15) is 0 Å². The van der Waals surface area contributed by atoms with E-state index in [0.717, 1.165) is 0 Å². The predicted molar refractivity (Wildman–Crippen MR) is 8.54 cm³/mol. The molecule has 24 valence electrons. The van der Waals surface area contributed by atoms with Crippen LogP contribution >= 0.6 is 0 Å². The third-order valence-corrected chi connectivity index (χ3v) is 0. The summed E-state index contributed by atoms with van der Waals surface area (Å²) < 4.78 is 0. The van der Waals surface area contributed by atoms with E-state index in [1.807, 2.05) is 0 Å². The number of hydrogen-bond donors (Lipinski definition) is 0. The van der Waals surface area contributed by atoms with Gasteiger partial charge in [-0.1, -0.05) is 0 Å². The van der Waals surface area contributed by atoms with Crippen LogP contribution in [0.1, 0.15) is 0 Å². The van der Waals surface area contributed by atoms with Gasteiger partial charge in [-0.3, -0.25) is 0 Å². The fourth-order valence-electron chi connectivity index (χ4n) is 0. The molecule has 0 aliphatic rings. The molecule has 0 nitrogen and oxygen atoms in total. The Hall–Kier alpha value is 1.72. The third-order valence-electron chi connectivity index (χ3n) is 0. The van der Waals surface area contributed by atoms with Crippen LogP contribution in [0.5, 0.6) is 0 Å². The van der Waals surface area contributed by atoms with E-state index in [2.05, 4.69) is 0 Å². The Bertz CT molecular complexity index is 6.00. The quantitative estimate of drug-likeness (QED) is 0.354. The molecule has 0 fully saturated rings. The summed E-state index contributed by atoms with van der Waals surface area (Å²) in [6, 6.07) is 0. The van der Waals surface area contributed by atoms with E-state index in [4.69, 9.17) is 0 Å². The van der Waals surface area contributed by atoms with Gasteiger partial charge in [-0.05, 0) is 0 Å². The van der Waals surface area contributed by atoms with Gasteiger partial charge in [0.25, 0.3) is 0 Å². The summed E-state index contributed by atoms with van der Waals surface area (Å²) in [5, 5.41) is 0. The monoisotopic (exact) mass is 216 g/mol. The minimum atomic E-state index is 0. The van der Waals surface area contributed by atoms with Gasteiger partial charge >= 0.3 is 36.5 Å². The molecule has 0 rings (SSSR count). The summed E-state index contributed by atoms with van der Waals surface area (Å²) in [7, 11) is 0. The molecule has 0 atom stereocenters. The van der Waals surface area contributed by atoms with Crippen molar-refractivity contribution in [3.63, 3.8) is 0 Å². The molecule has 0 bridgehead atoms. The molecule has 0 aliphatic heterocycles. The third kappa shape index (κ3) is 9.30. The van der Waals surface area contributed by atoms with Gasteiger partial charge in [0.05, 0.1) is 0 Å². The minimum Gasteiger partial charge on any atom is 2.00 e. The molecule has 0 unspecified atom stereocenters. The van der Waals surface area contributed by atoms with Crippen molar-refractivity contribution in [1.29, 1.82) is 0 Å². The second-order valence-corrected chi connectivity index (χ2v) is 0. The van der Waals surface area contributed by atoms with Crippen LogP contribution in [0.3, 0.4) is 0 Å². The second-order valence-electron chi connectivity index (χ2n) is 0. The first-order chi connectivity index (χ1) is 0. The molecule has 0 aromatic rings. The van der Waals surface area contributed by atoms with E-state index in [-0.39, 0.29) is 61.4 Å². The Labute approximate surface area is 61.2 Å². The van der Waals surface area contributed by atoms with Gasteiger partial charge in [-0.25, -0.2) is 0 Å². The van der Waals surface area contributed by atoms with E-state index in [1.54, 1.807) is 0 Å². The van der Waals surface area contributed by atoms with Crippen LogP contribution in [-0.4, -0.2) is 17.1 Å². The van der Waals surface area contributed by atoms with Crippen molar-refractivity contribution in [1.82, 2.24) is 0 Å². The van der Waals surface area contributed by atoms with Gasteiger partial charge in [0.15, 0.2) is 0 Å². The van der Waals surface area contributed by atoms with Crippen molar-refractivity contribution >= 4 is 17.1 Å². The van der Waals surface area contributed by atoms with Crippen molar-refractivity contribution in [2.24, 2.45) is 0 Å². The van der Waals surface area contributed by atoms with Crippen molar-refractivity contribution < 1.29 is 44.3 Å². The average Bonchev–Trinajstić information content (AvgIpc) is 0. The molecule has 0 N–H and O–H groups in total. The molecule has 0 amide bonds. The van der Waals surface area contributed by atoms with Crippen LogP contribution in [0.4, 0.5) is 0 Å². The van der Waals surface area contributed by atoms with Crippen LogP contribution in [0.25, 0.3) is 0 Å². The molecule has 0 saturated carbocycles. The average molecular weight is 217 g/mol. The van der Waals surface area contributed by atoms with E-state index < -0.39 is 0 Å². The Morgan fingerprint density at radius 3 is 0.750 bits per heavy atom. The molecule has 4 heteroatoms. The topological polar surface area (TPSA) is 0 Å². The minimum absolute atomic E-state index is 0. The first kappa shape index (κ1) is 43.0. The van der Waals surface area contributed by atoms with E-state index in [0.29, 0.717) is 0 Å². The van der Waals surface area contributed by atoms with Crippen LogP contribution in [0.15, 0.2) is 0 Å². The van der Waals surface area contributed by atoms with Crippen molar-refractivity contribution in [3.05, 3.63) is 0 Å². The molecule has 0 aromatic carbocycles. The summed E-state index contributed by atoms with van der Waals surface area (Å²) in [4.78, 5) is 0. The molecule has 0 aromatic heterocycles. The fraction of sp³-hybridized carbons (Fsp3) is 0. The van der Waals surface area contributed by atoms with Crippen molar-refractivity contribution in [2.75, 3.05) is 0 Å². The largest absolute Gasteiger partial charge is 2.00 e. The van der Waals surface area contributed by atoms with Gasteiger partial charge in [-0.15, -0.1) is 0 Å². The SMILES string of the molecule is [Cl-].[Cl-].[SeH2].[Zn+2]. The zero-order valence-electron chi connectivity index (χ0n) is 1.96. The molecule has 0 radical (unpaired) electrons. The van der Waals surface area contributed by atoms with E-state index >= 15 is 0 Å². The molecule has 0 heterocycles. The summed E-state index contributed by atoms with van der Waals surface area (Å²) in [6.07, 6.45) is 0. The van der Waals surface area contributed by atoms with E-state index in [9.17, 15) is 0 Å². The summed E-state index contributed by atoms with van der Waals surface area (Å²) >= 11 is 0. The Balaban J connectivity index is 0. The fourth-order valence-corrected chi connectivity index (χ4v) is 0.